The second-order valence-electron chi connectivity index (χ2n) is 6.09. The van der Waals surface area contributed by atoms with Crippen LogP contribution in [0.4, 0.5) is 0 Å². The van der Waals surface area contributed by atoms with E-state index in [0.29, 0.717) is 5.56 Å². The van der Waals surface area contributed by atoms with Crippen LogP contribution in [0.25, 0.3) is 0 Å². The minimum absolute atomic E-state index is 0.231. The monoisotopic (exact) mass is 370 g/mol. The topological polar surface area (TPSA) is 79.2 Å². The molecule has 0 heterocycles. The van der Waals surface area contributed by atoms with E-state index >= 15 is 0 Å². The number of nitriles is 1. The molecule has 3 aromatic carbocycles. The molecule has 0 bridgehead atoms. The fourth-order valence-corrected chi connectivity index (χ4v) is 2.78. The molecule has 0 aliphatic carbocycles. The van der Waals surface area contributed by atoms with Crippen LogP contribution in [0.1, 0.15) is 33.1 Å². The minimum Gasteiger partial charge on any atom is -0.452 e. The molecule has 0 aromatic heterocycles. The molecule has 0 saturated heterocycles. The van der Waals surface area contributed by atoms with Gasteiger partial charge >= 0.3 is 5.97 Å². The van der Waals surface area contributed by atoms with Gasteiger partial charge in [-0.05, 0) is 29.3 Å². The van der Waals surface area contributed by atoms with Crippen molar-refractivity contribution in [3.8, 4) is 6.07 Å². The van der Waals surface area contributed by atoms with Crippen molar-refractivity contribution in [3.63, 3.8) is 0 Å². The van der Waals surface area contributed by atoms with E-state index in [2.05, 4.69) is 5.32 Å². The highest BCUT2D eigenvalue weighted by atomic mass is 16.5. The van der Waals surface area contributed by atoms with E-state index in [1.807, 2.05) is 66.7 Å². The van der Waals surface area contributed by atoms with Crippen LogP contribution in [0, 0.1) is 11.3 Å². The van der Waals surface area contributed by atoms with E-state index < -0.39 is 18.5 Å². The van der Waals surface area contributed by atoms with Crippen LogP contribution in [-0.4, -0.2) is 18.5 Å². The molecule has 138 valence electrons. The van der Waals surface area contributed by atoms with Gasteiger partial charge < -0.3 is 10.1 Å². The average molecular weight is 370 g/mol. The zero-order valence-electron chi connectivity index (χ0n) is 15.0. The van der Waals surface area contributed by atoms with Crippen LogP contribution < -0.4 is 5.32 Å². The van der Waals surface area contributed by atoms with E-state index in [0.717, 1.165) is 11.1 Å². The molecule has 0 aliphatic heterocycles. The number of amides is 1. The fraction of sp³-hybridized carbons (Fsp3) is 0.0870. The summed E-state index contributed by atoms with van der Waals surface area (Å²) in [5.74, 6) is -1.06. The summed E-state index contributed by atoms with van der Waals surface area (Å²) >= 11 is 0. The molecule has 0 fully saturated rings. The van der Waals surface area contributed by atoms with E-state index in [4.69, 9.17) is 10.00 Å². The summed E-state index contributed by atoms with van der Waals surface area (Å²) in [6.45, 7) is -0.411. The molecule has 1 amide bonds. The number of hydrogen-bond acceptors (Lipinski definition) is 4. The Kier molecular flexibility index (Phi) is 6.17. The molecule has 5 heteroatoms. The average Bonchev–Trinajstić information content (AvgIpc) is 2.77. The van der Waals surface area contributed by atoms with Crippen molar-refractivity contribution in [1.82, 2.24) is 5.32 Å². The molecular weight excluding hydrogens is 352 g/mol. The summed E-state index contributed by atoms with van der Waals surface area (Å²) in [4.78, 5) is 24.5. The number of rotatable bonds is 6. The maximum absolute atomic E-state index is 12.4. The second-order valence-corrected chi connectivity index (χ2v) is 6.09. The van der Waals surface area contributed by atoms with Crippen molar-refractivity contribution in [2.45, 2.75) is 6.04 Å². The Labute approximate surface area is 163 Å². The predicted molar refractivity (Wildman–Crippen MR) is 104 cm³/mol. The molecule has 3 rings (SSSR count). The third kappa shape index (κ3) is 4.83. The maximum atomic E-state index is 12.4. The maximum Gasteiger partial charge on any atom is 0.338 e. The zero-order valence-corrected chi connectivity index (χ0v) is 15.0. The van der Waals surface area contributed by atoms with Crippen molar-refractivity contribution >= 4 is 11.9 Å². The number of esters is 1. The van der Waals surface area contributed by atoms with Gasteiger partial charge in [0.2, 0.25) is 0 Å². The number of nitrogens with zero attached hydrogens (tertiary/aromatic N) is 1. The standard InChI is InChI=1S/C23H18N2O3/c24-15-17-8-7-13-20(14-17)23(27)28-16-21(26)25-22(18-9-3-1-4-10-18)19-11-5-2-6-12-19/h1-14,22H,16H2,(H,25,26). The van der Waals surface area contributed by atoms with Crippen molar-refractivity contribution in [2.24, 2.45) is 0 Å². The van der Waals surface area contributed by atoms with Gasteiger partial charge in [0.05, 0.1) is 23.2 Å². The van der Waals surface area contributed by atoms with Gasteiger partial charge in [0.25, 0.3) is 5.91 Å². The minimum atomic E-state index is -0.650. The van der Waals surface area contributed by atoms with E-state index in [1.54, 1.807) is 12.1 Å². The first-order valence-electron chi connectivity index (χ1n) is 8.74. The summed E-state index contributed by atoms with van der Waals surface area (Å²) in [6, 6.07) is 26.9. The summed E-state index contributed by atoms with van der Waals surface area (Å²) in [5.41, 5.74) is 2.44. The summed E-state index contributed by atoms with van der Waals surface area (Å²) in [6.07, 6.45) is 0. The van der Waals surface area contributed by atoms with Crippen LogP contribution in [0.3, 0.4) is 0 Å². The van der Waals surface area contributed by atoms with Gasteiger partial charge in [0, 0.05) is 0 Å². The Hall–Kier alpha value is -3.91. The zero-order chi connectivity index (χ0) is 19.8. The quantitative estimate of drug-likeness (QED) is 0.672. The van der Waals surface area contributed by atoms with Crippen LogP contribution in [-0.2, 0) is 9.53 Å². The lowest BCUT2D eigenvalue weighted by Crippen LogP contribution is -2.33. The molecule has 0 radical (unpaired) electrons. The second kappa shape index (κ2) is 9.15. The van der Waals surface area contributed by atoms with Crippen molar-refractivity contribution in [1.29, 1.82) is 5.26 Å². The Balaban J connectivity index is 1.67. The summed E-state index contributed by atoms with van der Waals surface area (Å²) in [7, 11) is 0. The van der Waals surface area contributed by atoms with Crippen LogP contribution >= 0.6 is 0 Å². The third-order valence-electron chi connectivity index (χ3n) is 4.13. The Morgan fingerprint density at radius 3 is 2.07 bits per heavy atom. The van der Waals surface area contributed by atoms with Gasteiger partial charge in [-0.2, -0.15) is 5.26 Å². The smallest absolute Gasteiger partial charge is 0.338 e. The molecule has 0 unspecified atom stereocenters. The first-order valence-corrected chi connectivity index (χ1v) is 8.74. The van der Waals surface area contributed by atoms with Gasteiger partial charge in [-0.1, -0.05) is 66.7 Å². The third-order valence-corrected chi connectivity index (χ3v) is 4.13. The lowest BCUT2D eigenvalue weighted by molar-refractivity contribution is -0.124. The molecule has 28 heavy (non-hydrogen) atoms. The highest BCUT2D eigenvalue weighted by Crippen LogP contribution is 2.21. The van der Waals surface area contributed by atoms with E-state index in [1.165, 1.54) is 12.1 Å². The molecule has 5 nitrogen and oxygen atoms in total. The van der Waals surface area contributed by atoms with E-state index in [-0.39, 0.29) is 11.6 Å². The molecule has 0 aliphatic rings. The Bertz CT molecular complexity index is 956. The lowest BCUT2D eigenvalue weighted by Gasteiger charge is -2.20. The van der Waals surface area contributed by atoms with Crippen LogP contribution in [0.15, 0.2) is 84.9 Å². The molecule has 0 atom stereocenters. The molecule has 0 saturated carbocycles. The van der Waals surface area contributed by atoms with Crippen LogP contribution in [0.2, 0.25) is 0 Å². The van der Waals surface area contributed by atoms with Crippen LogP contribution in [0.5, 0.6) is 0 Å². The number of nitrogens with one attached hydrogen (secondary N) is 1. The lowest BCUT2D eigenvalue weighted by atomic mass is 9.99. The fourth-order valence-electron chi connectivity index (χ4n) is 2.78. The van der Waals surface area contributed by atoms with Gasteiger partial charge in [0.1, 0.15) is 0 Å². The number of hydrogen-bond donors (Lipinski definition) is 1. The number of carbonyl (C=O) groups is 2. The first-order chi connectivity index (χ1) is 13.7. The number of ether oxygens (including phenoxy) is 1. The normalized spacial score (nSPS) is 10.1. The number of carbonyl (C=O) groups excluding carboxylic acids is 2. The molecular formula is C23H18N2O3. The van der Waals surface area contributed by atoms with Crippen molar-refractivity contribution < 1.29 is 14.3 Å². The Morgan fingerprint density at radius 1 is 0.893 bits per heavy atom. The van der Waals surface area contributed by atoms with Gasteiger partial charge in [-0.3, -0.25) is 4.79 Å². The Morgan fingerprint density at radius 2 is 1.50 bits per heavy atom. The molecule has 0 spiro atoms. The highest BCUT2D eigenvalue weighted by molar-refractivity contribution is 5.91. The number of benzene rings is 3. The van der Waals surface area contributed by atoms with Crippen molar-refractivity contribution in [3.05, 3.63) is 107 Å². The SMILES string of the molecule is N#Cc1cccc(C(=O)OCC(=O)NC(c2ccccc2)c2ccccc2)c1. The van der Waals surface area contributed by atoms with Crippen molar-refractivity contribution in [2.75, 3.05) is 6.61 Å². The molecule has 1 N–H and O–H groups in total. The summed E-state index contributed by atoms with van der Waals surface area (Å²) < 4.78 is 5.10. The molecule has 3 aromatic rings. The van der Waals surface area contributed by atoms with Gasteiger partial charge in [-0.25, -0.2) is 4.79 Å². The highest BCUT2D eigenvalue weighted by Gasteiger charge is 2.18. The first kappa shape index (κ1) is 18.9. The predicted octanol–water partition coefficient (Wildman–Crippen LogP) is 3.62. The largest absolute Gasteiger partial charge is 0.452 e. The summed E-state index contributed by atoms with van der Waals surface area (Å²) in [5, 5.41) is 11.8. The van der Waals surface area contributed by atoms with E-state index in [9.17, 15) is 9.59 Å². The van der Waals surface area contributed by atoms with Gasteiger partial charge in [0.15, 0.2) is 6.61 Å². The van der Waals surface area contributed by atoms with Gasteiger partial charge in [-0.15, -0.1) is 0 Å².